The van der Waals surface area contributed by atoms with Crippen LogP contribution in [0.5, 0.6) is 0 Å². The Morgan fingerprint density at radius 2 is 2.13 bits per heavy atom. The molecule has 0 aliphatic heterocycles. The lowest BCUT2D eigenvalue weighted by atomic mass is 10.1. The smallest absolute Gasteiger partial charge is 0.408 e. The largest absolute Gasteiger partial charge is 0.480 e. The van der Waals surface area contributed by atoms with Gasteiger partial charge in [-0.15, -0.1) is 0 Å². The minimum atomic E-state index is -1.14. The highest BCUT2D eigenvalue weighted by Crippen LogP contribution is 2.13. The zero-order chi connectivity index (χ0) is 17.2. The number of fused-ring (bicyclic) bond motifs is 1. The number of alkyl carbamates (subject to hydrolysis) is 1. The quantitative estimate of drug-likeness (QED) is 0.885. The van der Waals surface area contributed by atoms with Crippen LogP contribution in [0.2, 0.25) is 0 Å². The Hall–Kier alpha value is -2.64. The molecule has 8 heteroatoms. The maximum atomic E-state index is 11.8. The van der Waals surface area contributed by atoms with Gasteiger partial charge in [-0.3, -0.25) is 4.40 Å². The summed E-state index contributed by atoms with van der Waals surface area (Å²) in [5.74, 6) is -0.657. The van der Waals surface area contributed by atoms with Crippen LogP contribution in [-0.2, 0) is 16.0 Å². The van der Waals surface area contributed by atoms with Crippen molar-refractivity contribution in [1.82, 2.24) is 19.7 Å². The summed E-state index contributed by atoms with van der Waals surface area (Å²) >= 11 is 0. The molecule has 124 valence electrons. The SMILES string of the molecule is Cc1nc2ncccn2c1CC(NC(=O)OC(C)(C)C)C(=O)O. The van der Waals surface area contributed by atoms with E-state index in [-0.39, 0.29) is 6.42 Å². The molecule has 2 aromatic rings. The van der Waals surface area contributed by atoms with Crippen LogP contribution in [-0.4, -0.2) is 43.2 Å². The Kier molecular flexibility index (Phi) is 4.53. The maximum absolute atomic E-state index is 11.8. The molecule has 8 nitrogen and oxygen atoms in total. The van der Waals surface area contributed by atoms with Crippen molar-refractivity contribution in [3.8, 4) is 0 Å². The summed E-state index contributed by atoms with van der Waals surface area (Å²) in [6.07, 6.45) is 2.67. The molecule has 2 aromatic heterocycles. The molecule has 2 heterocycles. The van der Waals surface area contributed by atoms with Crippen LogP contribution in [0.1, 0.15) is 32.2 Å². The highest BCUT2D eigenvalue weighted by atomic mass is 16.6. The number of carbonyl (C=O) groups is 2. The Morgan fingerprint density at radius 3 is 2.74 bits per heavy atom. The monoisotopic (exact) mass is 320 g/mol. The number of amides is 1. The van der Waals surface area contributed by atoms with Gasteiger partial charge in [0.1, 0.15) is 11.6 Å². The summed E-state index contributed by atoms with van der Waals surface area (Å²) in [5, 5.41) is 11.7. The Bertz CT molecular complexity index is 733. The van der Waals surface area contributed by atoms with Gasteiger partial charge in [0.15, 0.2) is 0 Å². The second-order valence-electron chi connectivity index (χ2n) is 6.17. The first-order valence-electron chi connectivity index (χ1n) is 7.18. The number of carboxylic acid groups (broad SMARTS) is 1. The van der Waals surface area contributed by atoms with E-state index in [1.807, 2.05) is 0 Å². The lowest BCUT2D eigenvalue weighted by Gasteiger charge is -2.22. The number of ether oxygens (including phenoxy) is 1. The number of aromatic nitrogens is 3. The van der Waals surface area contributed by atoms with E-state index in [1.54, 1.807) is 50.6 Å². The Morgan fingerprint density at radius 1 is 1.43 bits per heavy atom. The van der Waals surface area contributed by atoms with Crippen LogP contribution in [0.15, 0.2) is 18.5 Å². The third-order valence-corrected chi connectivity index (χ3v) is 3.09. The molecule has 1 amide bonds. The predicted molar refractivity (Wildman–Crippen MR) is 82.2 cm³/mol. The van der Waals surface area contributed by atoms with Crippen LogP contribution >= 0.6 is 0 Å². The number of nitrogens with zero attached hydrogens (tertiary/aromatic N) is 3. The Balaban J connectivity index is 2.20. The first-order valence-corrected chi connectivity index (χ1v) is 7.18. The average molecular weight is 320 g/mol. The number of carbonyl (C=O) groups excluding carboxylic acids is 1. The maximum Gasteiger partial charge on any atom is 0.408 e. The molecular weight excluding hydrogens is 300 g/mol. The summed E-state index contributed by atoms with van der Waals surface area (Å²) in [4.78, 5) is 31.7. The number of imidazole rings is 1. The van der Waals surface area contributed by atoms with Crippen LogP contribution in [0.25, 0.3) is 5.78 Å². The number of rotatable bonds is 4. The molecule has 23 heavy (non-hydrogen) atoms. The minimum absolute atomic E-state index is 0.0767. The van der Waals surface area contributed by atoms with Gasteiger partial charge in [-0.25, -0.2) is 19.6 Å². The predicted octanol–water partition coefficient (Wildman–Crippen LogP) is 1.56. The van der Waals surface area contributed by atoms with Crippen molar-refractivity contribution < 1.29 is 19.4 Å². The lowest BCUT2D eigenvalue weighted by molar-refractivity contribution is -0.139. The van der Waals surface area contributed by atoms with E-state index in [1.165, 1.54) is 0 Å². The molecule has 0 spiro atoms. The molecule has 2 N–H and O–H groups in total. The molecule has 2 rings (SSSR count). The van der Waals surface area contributed by atoms with Crippen molar-refractivity contribution in [3.05, 3.63) is 29.8 Å². The van der Waals surface area contributed by atoms with Crippen LogP contribution in [0.4, 0.5) is 4.79 Å². The van der Waals surface area contributed by atoms with E-state index in [9.17, 15) is 14.7 Å². The second kappa shape index (κ2) is 6.23. The molecule has 0 saturated heterocycles. The molecule has 0 aromatic carbocycles. The Labute approximate surface area is 133 Å². The standard InChI is InChI=1S/C15H20N4O4/c1-9-11(19-7-5-6-16-13(19)17-9)8-10(12(20)21)18-14(22)23-15(2,3)4/h5-7,10H,8H2,1-4H3,(H,18,22)(H,20,21). The van der Waals surface area contributed by atoms with E-state index >= 15 is 0 Å². The van der Waals surface area contributed by atoms with Crippen LogP contribution in [0, 0.1) is 6.92 Å². The van der Waals surface area contributed by atoms with E-state index in [2.05, 4.69) is 15.3 Å². The van der Waals surface area contributed by atoms with Gasteiger partial charge in [0.25, 0.3) is 0 Å². The molecule has 0 saturated carbocycles. The number of aliphatic carboxylic acids is 1. The molecular formula is C15H20N4O4. The van der Waals surface area contributed by atoms with E-state index in [0.717, 1.165) is 0 Å². The third-order valence-electron chi connectivity index (χ3n) is 3.09. The van der Waals surface area contributed by atoms with E-state index in [4.69, 9.17) is 4.74 Å². The van der Waals surface area contributed by atoms with Gasteiger partial charge in [-0.1, -0.05) is 0 Å². The summed E-state index contributed by atoms with van der Waals surface area (Å²) in [6, 6.07) is 0.609. The van der Waals surface area contributed by atoms with Crippen molar-refractivity contribution in [2.24, 2.45) is 0 Å². The van der Waals surface area contributed by atoms with Gasteiger partial charge in [0.2, 0.25) is 5.78 Å². The van der Waals surface area contributed by atoms with Crippen LogP contribution in [0.3, 0.4) is 0 Å². The van der Waals surface area contributed by atoms with Crippen LogP contribution < -0.4 is 5.32 Å². The van der Waals surface area contributed by atoms with Gasteiger partial charge >= 0.3 is 12.1 Å². The minimum Gasteiger partial charge on any atom is -0.480 e. The molecule has 0 aliphatic rings. The fraction of sp³-hybridized carbons (Fsp3) is 0.467. The van der Waals surface area contributed by atoms with Crippen molar-refractivity contribution in [2.45, 2.75) is 45.8 Å². The zero-order valence-corrected chi connectivity index (χ0v) is 13.5. The van der Waals surface area contributed by atoms with Crippen molar-refractivity contribution >= 4 is 17.8 Å². The van der Waals surface area contributed by atoms with Crippen molar-refractivity contribution in [3.63, 3.8) is 0 Å². The molecule has 0 bridgehead atoms. The highest BCUT2D eigenvalue weighted by molar-refractivity contribution is 5.80. The van der Waals surface area contributed by atoms with Crippen molar-refractivity contribution in [2.75, 3.05) is 0 Å². The van der Waals surface area contributed by atoms with Gasteiger partial charge in [-0.2, -0.15) is 0 Å². The number of hydrogen-bond donors (Lipinski definition) is 2. The number of carboxylic acids is 1. The van der Waals surface area contributed by atoms with Crippen molar-refractivity contribution in [1.29, 1.82) is 0 Å². The summed E-state index contributed by atoms with van der Waals surface area (Å²) in [5.41, 5.74) is 0.647. The van der Waals surface area contributed by atoms with E-state index < -0.39 is 23.7 Å². The third kappa shape index (κ3) is 4.18. The highest BCUT2D eigenvalue weighted by Gasteiger charge is 2.26. The molecule has 0 aliphatic carbocycles. The fourth-order valence-corrected chi connectivity index (χ4v) is 2.13. The van der Waals surface area contributed by atoms with E-state index in [0.29, 0.717) is 17.2 Å². The topological polar surface area (TPSA) is 106 Å². The summed E-state index contributed by atoms with van der Waals surface area (Å²) < 4.78 is 6.82. The van der Waals surface area contributed by atoms with Gasteiger partial charge in [0, 0.05) is 24.5 Å². The molecule has 0 radical (unpaired) electrons. The first kappa shape index (κ1) is 16.7. The average Bonchev–Trinajstić information content (AvgIpc) is 2.72. The first-order chi connectivity index (χ1) is 10.7. The van der Waals surface area contributed by atoms with Gasteiger partial charge in [-0.05, 0) is 33.8 Å². The zero-order valence-electron chi connectivity index (χ0n) is 13.5. The normalized spacial score (nSPS) is 12.9. The molecule has 0 fully saturated rings. The molecule has 1 atom stereocenters. The van der Waals surface area contributed by atoms with Gasteiger partial charge < -0.3 is 15.2 Å². The second-order valence-corrected chi connectivity index (χ2v) is 6.17. The number of hydrogen-bond acceptors (Lipinski definition) is 5. The summed E-state index contributed by atoms with van der Waals surface area (Å²) in [7, 11) is 0. The number of aryl methyl sites for hydroxylation is 1. The fourth-order valence-electron chi connectivity index (χ4n) is 2.13. The van der Waals surface area contributed by atoms with Gasteiger partial charge in [0.05, 0.1) is 5.69 Å². The number of nitrogens with one attached hydrogen (secondary N) is 1. The lowest BCUT2D eigenvalue weighted by Crippen LogP contribution is -2.45. The molecule has 1 unspecified atom stereocenters. The summed E-state index contributed by atoms with van der Waals surface area (Å²) in [6.45, 7) is 6.91.